The summed E-state index contributed by atoms with van der Waals surface area (Å²) in [7, 11) is 0. The monoisotopic (exact) mass is 301 g/mol. The van der Waals surface area contributed by atoms with Crippen molar-refractivity contribution in [1.82, 2.24) is 0 Å². The lowest BCUT2D eigenvalue weighted by Gasteiger charge is -2.10. The minimum Gasteiger partial charge on any atom is -0.325 e. The first-order chi connectivity index (χ1) is 10.2. The van der Waals surface area contributed by atoms with Gasteiger partial charge in [0, 0.05) is 10.6 Å². The van der Waals surface area contributed by atoms with Gasteiger partial charge in [-0.05, 0) is 29.8 Å². The van der Waals surface area contributed by atoms with Gasteiger partial charge in [-0.2, -0.15) is 0 Å². The zero-order valence-corrected chi connectivity index (χ0v) is 12.3. The summed E-state index contributed by atoms with van der Waals surface area (Å²) in [6.45, 7) is 3.69. The van der Waals surface area contributed by atoms with Crippen molar-refractivity contribution in [3.8, 4) is 0 Å². The second-order valence-electron chi connectivity index (χ2n) is 4.45. The Balaban J connectivity index is 2.04. The molecule has 0 aliphatic carbocycles. The van der Waals surface area contributed by atoms with Crippen LogP contribution in [0.3, 0.4) is 0 Å². The summed E-state index contributed by atoms with van der Waals surface area (Å²) in [6, 6.07) is 13.7. The van der Waals surface area contributed by atoms with Crippen LogP contribution in [0.15, 0.2) is 66.1 Å². The average Bonchev–Trinajstić information content (AvgIpc) is 2.46. The molecular weight excluding hydrogens is 285 g/mol. The molecule has 0 spiro atoms. The molecule has 0 heterocycles. The van der Waals surface area contributed by atoms with Crippen molar-refractivity contribution in [1.29, 1.82) is 0 Å². The van der Waals surface area contributed by atoms with Gasteiger partial charge in [0.1, 0.15) is 5.82 Å². The Bertz CT molecular complexity index is 642. The first-order valence-corrected chi connectivity index (χ1v) is 7.54. The molecule has 0 fully saturated rings. The van der Waals surface area contributed by atoms with Crippen molar-refractivity contribution < 1.29 is 9.18 Å². The van der Waals surface area contributed by atoms with E-state index in [9.17, 15) is 9.18 Å². The van der Waals surface area contributed by atoms with Crippen LogP contribution in [0.4, 0.5) is 10.1 Å². The number of hydrogen-bond donors (Lipinski definition) is 1. The number of para-hydroxylation sites is 1. The van der Waals surface area contributed by atoms with Crippen molar-refractivity contribution in [3.05, 3.63) is 72.6 Å². The number of carbonyl (C=O) groups excluding carboxylic acids is 1. The van der Waals surface area contributed by atoms with E-state index in [4.69, 9.17) is 0 Å². The van der Waals surface area contributed by atoms with Gasteiger partial charge in [-0.1, -0.05) is 30.3 Å². The number of nitrogens with one attached hydrogen (secondary N) is 1. The van der Waals surface area contributed by atoms with Crippen molar-refractivity contribution in [2.24, 2.45) is 0 Å². The van der Waals surface area contributed by atoms with Crippen molar-refractivity contribution in [2.45, 2.75) is 11.3 Å². The van der Waals surface area contributed by atoms with Crippen LogP contribution >= 0.6 is 11.8 Å². The number of thioether (sulfide) groups is 1. The van der Waals surface area contributed by atoms with Gasteiger partial charge in [-0.15, -0.1) is 18.3 Å². The molecule has 2 aromatic rings. The van der Waals surface area contributed by atoms with E-state index in [-0.39, 0.29) is 18.1 Å². The lowest BCUT2D eigenvalue weighted by Crippen LogP contribution is -2.15. The summed E-state index contributed by atoms with van der Waals surface area (Å²) < 4.78 is 13.1. The highest BCUT2D eigenvalue weighted by molar-refractivity contribution is 7.99. The van der Waals surface area contributed by atoms with Crippen LogP contribution in [0.5, 0.6) is 0 Å². The number of carbonyl (C=O) groups is 1. The topological polar surface area (TPSA) is 29.1 Å². The molecule has 4 heteroatoms. The van der Waals surface area contributed by atoms with Gasteiger partial charge in [0.05, 0.1) is 12.1 Å². The van der Waals surface area contributed by atoms with E-state index in [2.05, 4.69) is 11.9 Å². The van der Waals surface area contributed by atoms with Crippen LogP contribution in [0.25, 0.3) is 0 Å². The molecule has 0 saturated heterocycles. The van der Waals surface area contributed by atoms with Gasteiger partial charge in [0.15, 0.2) is 0 Å². The summed E-state index contributed by atoms with van der Waals surface area (Å²) in [5.41, 5.74) is 1.43. The quantitative estimate of drug-likeness (QED) is 0.637. The molecule has 2 aromatic carbocycles. The number of rotatable bonds is 6. The van der Waals surface area contributed by atoms with Crippen LogP contribution in [0.2, 0.25) is 0 Å². The Hall–Kier alpha value is -2.07. The third kappa shape index (κ3) is 4.76. The molecule has 0 aliphatic rings. The first-order valence-electron chi connectivity index (χ1n) is 6.56. The van der Waals surface area contributed by atoms with Crippen LogP contribution in [0, 0.1) is 5.82 Å². The predicted molar refractivity (Wildman–Crippen MR) is 86.1 cm³/mol. The minimum absolute atomic E-state index is 0.151. The van der Waals surface area contributed by atoms with E-state index in [1.165, 1.54) is 12.1 Å². The van der Waals surface area contributed by atoms with Gasteiger partial charge < -0.3 is 5.32 Å². The van der Waals surface area contributed by atoms with Gasteiger partial charge in [-0.25, -0.2) is 4.39 Å². The van der Waals surface area contributed by atoms with Crippen LogP contribution in [-0.4, -0.2) is 11.7 Å². The highest BCUT2D eigenvalue weighted by Crippen LogP contribution is 2.27. The van der Waals surface area contributed by atoms with Gasteiger partial charge in [0.2, 0.25) is 5.91 Å². The number of benzene rings is 2. The molecule has 1 amide bonds. The Morgan fingerprint density at radius 3 is 2.81 bits per heavy atom. The molecule has 21 heavy (non-hydrogen) atoms. The number of hydrogen-bond acceptors (Lipinski definition) is 2. The molecule has 108 valence electrons. The molecule has 0 unspecified atom stereocenters. The summed E-state index contributed by atoms with van der Waals surface area (Å²) in [4.78, 5) is 13.0. The number of amides is 1. The van der Waals surface area contributed by atoms with E-state index in [0.717, 1.165) is 16.3 Å². The average molecular weight is 301 g/mol. The maximum absolute atomic E-state index is 13.1. The molecule has 2 nitrogen and oxygen atoms in total. The Morgan fingerprint density at radius 1 is 1.24 bits per heavy atom. The normalized spacial score (nSPS) is 10.1. The number of halogens is 1. The first kappa shape index (κ1) is 15.3. The third-order valence-corrected chi connectivity index (χ3v) is 3.84. The summed E-state index contributed by atoms with van der Waals surface area (Å²) in [5.74, 6) is 0.283. The molecule has 0 aliphatic heterocycles. The summed E-state index contributed by atoms with van der Waals surface area (Å²) >= 11 is 1.60. The third-order valence-electron chi connectivity index (χ3n) is 2.77. The largest absolute Gasteiger partial charge is 0.325 e. The molecular formula is C17H16FNOS. The summed E-state index contributed by atoms with van der Waals surface area (Å²) in [5, 5.41) is 2.87. The van der Waals surface area contributed by atoms with E-state index in [1.54, 1.807) is 23.9 Å². The molecule has 0 radical (unpaired) electrons. The van der Waals surface area contributed by atoms with Crippen LogP contribution in [0.1, 0.15) is 5.56 Å². The van der Waals surface area contributed by atoms with E-state index in [1.807, 2.05) is 30.3 Å². The SMILES string of the molecule is C=CCSc1ccccc1NC(=O)Cc1cccc(F)c1. The van der Waals surface area contributed by atoms with E-state index >= 15 is 0 Å². The van der Waals surface area contributed by atoms with Gasteiger partial charge in [-0.3, -0.25) is 4.79 Å². The van der Waals surface area contributed by atoms with Crippen molar-refractivity contribution in [2.75, 3.05) is 11.1 Å². The second kappa shape index (κ2) is 7.64. The van der Waals surface area contributed by atoms with Crippen LogP contribution in [-0.2, 0) is 11.2 Å². The highest BCUT2D eigenvalue weighted by Gasteiger charge is 2.08. The van der Waals surface area contributed by atoms with Crippen molar-refractivity contribution >= 4 is 23.4 Å². The van der Waals surface area contributed by atoms with Gasteiger partial charge in [0.25, 0.3) is 0 Å². The van der Waals surface area contributed by atoms with E-state index in [0.29, 0.717) is 5.56 Å². The summed E-state index contributed by atoms with van der Waals surface area (Å²) in [6.07, 6.45) is 1.97. The fraction of sp³-hybridized carbons (Fsp3) is 0.118. The molecule has 0 atom stereocenters. The fourth-order valence-corrected chi connectivity index (χ4v) is 2.62. The maximum Gasteiger partial charge on any atom is 0.228 e. The molecule has 0 bridgehead atoms. The van der Waals surface area contributed by atoms with Crippen LogP contribution < -0.4 is 5.32 Å². The maximum atomic E-state index is 13.1. The lowest BCUT2D eigenvalue weighted by atomic mass is 10.1. The lowest BCUT2D eigenvalue weighted by molar-refractivity contribution is -0.115. The van der Waals surface area contributed by atoms with E-state index < -0.39 is 0 Å². The smallest absolute Gasteiger partial charge is 0.228 e. The Kier molecular flexibility index (Phi) is 5.58. The highest BCUT2D eigenvalue weighted by atomic mass is 32.2. The Morgan fingerprint density at radius 2 is 2.05 bits per heavy atom. The minimum atomic E-state index is -0.331. The fourth-order valence-electron chi connectivity index (χ4n) is 1.87. The van der Waals surface area contributed by atoms with Crippen molar-refractivity contribution in [3.63, 3.8) is 0 Å². The molecule has 2 rings (SSSR count). The predicted octanol–water partition coefficient (Wildman–Crippen LogP) is 4.29. The number of anilines is 1. The zero-order valence-electron chi connectivity index (χ0n) is 11.5. The molecule has 0 saturated carbocycles. The zero-order chi connectivity index (χ0) is 15.1. The molecule has 0 aromatic heterocycles. The Labute approximate surface area is 128 Å². The standard InChI is InChI=1S/C17H16FNOS/c1-2-10-21-16-9-4-3-8-15(16)19-17(20)12-13-6-5-7-14(18)11-13/h2-9,11H,1,10,12H2,(H,19,20). The second-order valence-corrected chi connectivity index (χ2v) is 5.51. The molecule has 1 N–H and O–H groups in total. The van der Waals surface area contributed by atoms with Gasteiger partial charge >= 0.3 is 0 Å².